The molecule has 0 saturated carbocycles. The Morgan fingerprint density at radius 1 is 1.00 bits per heavy atom. The molecule has 1 fully saturated rings. The molecule has 3 aromatic carbocycles. The summed E-state index contributed by atoms with van der Waals surface area (Å²) in [6, 6.07) is 25.8. The van der Waals surface area contributed by atoms with Gasteiger partial charge in [-0.05, 0) is 84.1 Å². The number of allylic oxidation sites excluding steroid dienone is 1. The number of aryl methyl sites for hydroxylation is 1. The molecular formula is C38H44N4O4. The van der Waals surface area contributed by atoms with Crippen molar-refractivity contribution in [3.63, 3.8) is 0 Å². The largest absolute Gasteiger partial charge is 0.465 e. The molecule has 1 aliphatic heterocycles. The van der Waals surface area contributed by atoms with Gasteiger partial charge in [-0.25, -0.2) is 9.48 Å². The Hall–Kier alpha value is -4.69. The monoisotopic (exact) mass is 620 g/mol. The first-order valence-corrected chi connectivity index (χ1v) is 16.2. The van der Waals surface area contributed by atoms with Crippen LogP contribution in [0.3, 0.4) is 0 Å². The highest BCUT2D eigenvalue weighted by Gasteiger charge is 2.20. The number of carboxylic acid groups (broad SMARTS) is 1. The Balaban J connectivity index is 1.38. The van der Waals surface area contributed by atoms with Gasteiger partial charge in [0, 0.05) is 45.3 Å². The van der Waals surface area contributed by atoms with Gasteiger partial charge in [-0.2, -0.15) is 5.10 Å². The van der Waals surface area contributed by atoms with Crippen LogP contribution < -0.4 is 0 Å². The summed E-state index contributed by atoms with van der Waals surface area (Å²) < 4.78 is 8.06. The van der Waals surface area contributed by atoms with E-state index in [1.165, 1.54) is 32.6 Å². The van der Waals surface area contributed by atoms with Crippen LogP contribution in [-0.4, -0.2) is 70.5 Å². The number of carbonyl (C=O) groups is 2. The number of hydrogen-bond acceptors (Lipinski definition) is 4. The fourth-order valence-corrected chi connectivity index (χ4v) is 6.04. The average molecular weight is 621 g/mol. The maximum Gasteiger partial charge on any atom is 0.407 e. The van der Waals surface area contributed by atoms with Gasteiger partial charge >= 0.3 is 6.09 Å². The molecule has 1 unspecified atom stereocenters. The maximum atomic E-state index is 11.8. The summed E-state index contributed by atoms with van der Waals surface area (Å²) in [5.41, 5.74) is 8.17. The molecule has 1 saturated heterocycles. The number of amides is 2. The average Bonchev–Trinajstić information content (AvgIpc) is 3.51. The number of likely N-dealkylation sites (N-methyl/N-ethyl adjacent to an activating group) is 1. The molecule has 1 aromatic heterocycles. The van der Waals surface area contributed by atoms with Gasteiger partial charge in [0.15, 0.2) is 6.23 Å². The Labute approximate surface area is 271 Å². The van der Waals surface area contributed by atoms with Gasteiger partial charge in [-0.1, -0.05) is 73.7 Å². The summed E-state index contributed by atoms with van der Waals surface area (Å²) in [7, 11) is 3.33. The van der Waals surface area contributed by atoms with Crippen molar-refractivity contribution in [2.75, 3.05) is 33.8 Å². The first-order chi connectivity index (χ1) is 22.4. The van der Waals surface area contributed by atoms with Gasteiger partial charge in [0.25, 0.3) is 0 Å². The van der Waals surface area contributed by atoms with Crippen LogP contribution in [0.2, 0.25) is 0 Å². The second kappa shape index (κ2) is 15.5. The molecule has 2 amide bonds. The Kier molecular flexibility index (Phi) is 11.0. The Morgan fingerprint density at radius 3 is 2.43 bits per heavy atom. The molecule has 1 atom stereocenters. The molecule has 1 aliphatic rings. The summed E-state index contributed by atoms with van der Waals surface area (Å²) >= 11 is 0. The van der Waals surface area contributed by atoms with Crippen LogP contribution in [0.25, 0.3) is 22.0 Å². The van der Waals surface area contributed by atoms with E-state index in [0.29, 0.717) is 13.0 Å². The van der Waals surface area contributed by atoms with E-state index in [-0.39, 0.29) is 18.7 Å². The second-order valence-corrected chi connectivity index (χ2v) is 11.9. The highest BCUT2D eigenvalue weighted by Crippen LogP contribution is 2.36. The first kappa shape index (κ1) is 32.7. The molecule has 1 N–H and O–H groups in total. The Bertz CT molecular complexity index is 1680. The predicted octanol–water partition coefficient (Wildman–Crippen LogP) is 7.66. The summed E-state index contributed by atoms with van der Waals surface area (Å²) in [4.78, 5) is 26.3. The topological polar surface area (TPSA) is 87.9 Å². The molecule has 8 heteroatoms. The SMILES string of the molecule is CCC(=C(c1ccc(CCCN(CC=CC(=O)N(C)C)C(=O)O)cc1)c1ccc2c(cnn2C2CCCCO2)c1)c1ccccc1. The quantitative estimate of drug-likeness (QED) is 0.130. The van der Waals surface area contributed by atoms with Crippen molar-refractivity contribution in [3.05, 3.63) is 113 Å². The lowest BCUT2D eigenvalue weighted by molar-refractivity contribution is -0.123. The van der Waals surface area contributed by atoms with Gasteiger partial charge in [-0.15, -0.1) is 0 Å². The minimum atomic E-state index is -0.992. The molecule has 4 aromatic rings. The third-order valence-corrected chi connectivity index (χ3v) is 8.52. The molecule has 0 bridgehead atoms. The molecule has 2 heterocycles. The fourth-order valence-electron chi connectivity index (χ4n) is 6.04. The molecule has 0 spiro atoms. The molecule has 8 nitrogen and oxygen atoms in total. The predicted molar refractivity (Wildman–Crippen MR) is 183 cm³/mol. The zero-order valence-electron chi connectivity index (χ0n) is 27.1. The summed E-state index contributed by atoms with van der Waals surface area (Å²) in [6.45, 7) is 3.54. The van der Waals surface area contributed by atoms with Crippen LogP contribution in [0.4, 0.5) is 4.79 Å². The van der Waals surface area contributed by atoms with E-state index >= 15 is 0 Å². The van der Waals surface area contributed by atoms with E-state index in [2.05, 4.69) is 73.7 Å². The number of ether oxygens (including phenoxy) is 1. The van der Waals surface area contributed by atoms with Crippen LogP contribution in [0.5, 0.6) is 0 Å². The maximum absolute atomic E-state index is 11.8. The van der Waals surface area contributed by atoms with Gasteiger partial charge in [0.05, 0.1) is 11.7 Å². The van der Waals surface area contributed by atoms with E-state index in [1.54, 1.807) is 20.2 Å². The van der Waals surface area contributed by atoms with E-state index in [9.17, 15) is 14.7 Å². The zero-order chi connectivity index (χ0) is 32.5. The highest BCUT2D eigenvalue weighted by atomic mass is 16.5. The van der Waals surface area contributed by atoms with Crippen LogP contribution >= 0.6 is 0 Å². The summed E-state index contributed by atoms with van der Waals surface area (Å²) in [5.74, 6) is -0.165. The van der Waals surface area contributed by atoms with Crippen LogP contribution in [0.15, 0.2) is 91.1 Å². The third-order valence-electron chi connectivity index (χ3n) is 8.52. The molecule has 5 rings (SSSR count). The van der Waals surface area contributed by atoms with E-state index in [4.69, 9.17) is 9.84 Å². The summed E-state index contributed by atoms with van der Waals surface area (Å²) in [6.07, 6.45) is 9.48. The number of aromatic nitrogens is 2. The minimum Gasteiger partial charge on any atom is -0.465 e. The normalized spacial score (nSPS) is 15.6. The number of fused-ring (bicyclic) bond motifs is 1. The number of rotatable bonds is 12. The summed E-state index contributed by atoms with van der Waals surface area (Å²) in [5, 5.41) is 15.4. The Morgan fingerprint density at radius 2 is 1.76 bits per heavy atom. The lowest BCUT2D eigenvalue weighted by Crippen LogP contribution is -2.31. The standard InChI is InChI=1S/C38H44N4O4/c1-4-33(29-13-6-5-7-14-29)37(31-21-22-34-32(26-31)27-39-42(34)36-16-8-9-25-46-36)30-19-17-28(18-20-30)12-10-23-41(38(44)45)24-11-15-35(43)40(2)3/h5-7,11,13-15,17-22,26-27,36H,4,8-10,12,16,23-25H2,1-3H3,(H,44,45). The van der Waals surface area contributed by atoms with Crippen molar-refractivity contribution < 1.29 is 19.4 Å². The molecule has 0 aliphatic carbocycles. The van der Waals surface area contributed by atoms with E-state index in [0.717, 1.165) is 66.3 Å². The van der Waals surface area contributed by atoms with Crippen molar-refractivity contribution in [3.8, 4) is 0 Å². The molecule has 46 heavy (non-hydrogen) atoms. The zero-order valence-corrected chi connectivity index (χ0v) is 27.1. The van der Waals surface area contributed by atoms with E-state index < -0.39 is 6.09 Å². The van der Waals surface area contributed by atoms with Crippen molar-refractivity contribution in [1.82, 2.24) is 19.6 Å². The fraction of sp³-hybridized carbons (Fsp3) is 0.342. The first-order valence-electron chi connectivity index (χ1n) is 16.2. The van der Waals surface area contributed by atoms with Gasteiger partial charge in [-0.3, -0.25) is 4.79 Å². The third kappa shape index (κ3) is 7.93. The van der Waals surface area contributed by atoms with Crippen molar-refractivity contribution in [1.29, 1.82) is 0 Å². The molecular weight excluding hydrogens is 576 g/mol. The van der Waals surface area contributed by atoms with Gasteiger partial charge in [0.1, 0.15) is 0 Å². The lowest BCUT2D eigenvalue weighted by atomic mass is 9.87. The number of nitrogens with zero attached hydrogens (tertiary/aromatic N) is 4. The van der Waals surface area contributed by atoms with Crippen LogP contribution in [0, 0.1) is 0 Å². The smallest absolute Gasteiger partial charge is 0.407 e. The molecule has 240 valence electrons. The lowest BCUT2D eigenvalue weighted by Gasteiger charge is -2.23. The van der Waals surface area contributed by atoms with Crippen LogP contribution in [-0.2, 0) is 16.0 Å². The van der Waals surface area contributed by atoms with Crippen molar-refractivity contribution >= 4 is 34.0 Å². The van der Waals surface area contributed by atoms with Crippen LogP contribution in [0.1, 0.15) is 67.5 Å². The number of hydrogen-bond donors (Lipinski definition) is 1. The van der Waals surface area contributed by atoms with Gasteiger partial charge < -0.3 is 19.6 Å². The second-order valence-electron chi connectivity index (χ2n) is 11.9. The van der Waals surface area contributed by atoms with Crippen molar-refractivity contribution in [2.45, 2.75) is 51.7 Å². The van der Waals surface area contributed by atoms with E-state index in [1.807, 2.05) is 16.9 Å². The highest BCUT2D eigenvalue weighted by molar-refractivity contribution is 6.00. The molecule has 0 radical (unpaired) electrons. The van der Waals surface area contributed by atoms with Crippen molar-refractivity contribution in [2.24, 2.45) is 0 Å². The van der Waals surface area contributed by atoms with Gasteiger partial charge in [0.2, 0.25) is 5.91 Å². The minimum absolute atomic E-state index is 0.0125. The number of benzene rings is 3. The number of carbonyl (C=O) groups excluding carboxylic acids is 1.